The third-order valence-corrected chi connectivity index (χ3v) is 6.97. The molecule has 1 N–H and O–H groups in total. The Balaban J connectivity index is 1.93. The van der Waals surface area contributed by atoms with Gasteiger partial charge in [0.1, 0.15) is 0 Å². The molecule has 0 spiro atoms. The number of thiophene rings is 1. The van der Waals surface area contributed by atoms with Crippen LogP contribution in [0.25, 0.3) is 0 Å². The molecule has 2 amide bonds. The Hall–Kier alpha value is -0.930. The first kappa shape index (κ1) is 17.4. The minimum atomic E-state index is -3.08. The van der Waals surface area contributed by atoms with E-state index in [0.29, 0.717) is 11.3 Å². The topological polar surface area (TPSA) is 83.6 Å². The van der Waals surface area contributed by atoms with Gasteiger partial charge in [0.05, 0.1) is 32.3 Å². The number of nitrogens with zero attached hydrogens (tertiary/aromatic N) is 1. The number of hydrogen-bond acceptors (Lipinski definition) is 5. The van der Waals surface area contributed by atoms with E-state index in [4.69, 9.17) is 0 Å². The third-order valence-electron chi connectivity index (χ3n) is 3.46. The summed E-state index contributed by atoms with van der Waals surface area (Å²) in [4.78, 5) is 26.1. The number of amides is 2. The number of nitrogens with one attached hydrogen (secondary N) is 1. The number of carbonyl (C=O) groups excluding carboxylic acids is 2. The van der Waals surface area contributed by atoms with Gasteiger partial charge >= 0.3 is 0 Å². The maximum absolute atomic E-state index is 12.2. The van der Waals surface area contributed by atoms with Crippen molar-refractivity contribution in [1.82, 2.24) is 10.2 Å². The summed E-state index contributed by atoms with van der Waals surface area (Å²) >= 11 is 4.59. The molecule has 1 aromatic rings. The standard InChI is InChI=1S/C13H17BrN2O4S2/c1-13(5-6-22(19,20)8-13)15-11(17)7-16(2)12(18)9-3-4-10(14)21-9/h3-4H,5-8H2,1-2H3,(H,15,17). The second-order valence-electron chi connectivity index (χ2n) is 5.72. The van der Waals surface area contributed by atoms with E-state index in [-0.39, 0.29) is 29.9 Å². The molecule has 1 aliphatic heterocycles. The Morgan fingerprint density at radius 2 is 2.14 bits per heavy atom. The zero-order valence-corrected chi connectivity index (χ0v) is 15.5. The highest BCUT2D eigenvalue weighted by atomic mass is 79.9. The van der Waals surface area contributed by atoms with E-state index in [0.717, 1.165) is 3.79 Å². The summed E-state index contributed by atoms with van der Waals surface area (Å²) in [5, 5.41) is 2.74. The Kier molecular flexibility index (Phi) is 4.98. The zero-order chi connectivity index (χ0) is 16.5. The number of carbonyl (C=O) groups is 2. The summed E-state index contributed by atoms with van der Waals surface area (Å²) in [5.74, 6) is -0.565. The lowest BCUT2D eigenvalue weighted by atomic mass is 10.0. The highest BCUT2D eigenvalue weighted by Crippen LogP contribution is 2.24. The molecule has 22 heavy (non-hydrogen) atoms. The molecule has 2 heterocycles. The Labute approximate surface area is 141 Å². The van der Waals surface area contributed by atoms with Crippen molar-refractivity contribution in [2.75, 3.05) is 25.1 Å². The SMILES string of the molecule is CN(CC(=O)NC1(C)CCS(=O)(=O)C1)C(=O)c1ccc(Br)s1. The first-order chi connectivity index (χ1) is 10.1. The van der Waals surface area contributed by atoms with Crippen LogP contribution in [-0.4, -0.2) is 55.8 Å². The second-order valence-corrected chi connectivity index (χ2v) is 10.4. The van der Waals surface area contributed by atoms with E-state index < -0.39 is 15.4 Å². The Bertz CT molecular complexity index is 701. The molecule has 0 aromatic carbocycles. The fourth-order valence-electron chi connectivity index (χ4n) is 2.39. The van der Waals surface area contributed by atoms with Crippen molar-refractivity contribution in [2.45, 2.75) is 18.9 Å². The molecule has 1 saturated heterocycles. The number of halogens is 1. The Morgan fingerprint density at radius 1 is 1.45 bits per heavy atom. The molecular weight excluding hydrogens is 392 g/mol. The summed E-state index contributed by atoms with van der Waals surface area (Å²) < 4.78 is 23.9. The molecule has 0 saturated carbocycles. The molecule has 1 aliphatic rings. The predicted molar refractivity (Wildman–Crippen MR) is 88.8 cm³/mol. The first-order valence-electron chi connectivity index (χ1n) is 6.62. The van der Waals surface area contributed by atoms with Crippen molar-refractivity contribution >= 4 is 48.9 Å². The highest BCUT2D eigenvalue weighted by molar-refractivity contribution is 9.11. The van der Waals surface area contributed by atoms with Crippen LogP contribution < -0.4 is 5.32 Å². The quantitative estimate of drug-likeness (QED) is 0.812. The van der Waals surface area contributed by atoms with E-state index in [1.807, 2.05) is 0 Å². The summed E-state index contributed by atoms with van der Waals surface area (Å²) in [6, 6.07) is 3.46. The van der Waals surface area contributed by atoms with Gasteiger partial charge in [-0.05, 0) is 41.4 Å². The first-order valence-corrected chi connectivity index (χ1v) is 10.1. The van der Waals surface area contributed by atoms with Crippen LogP contribution in [-0.2, 0) is 14.6 Å². The highest BCUT2D eigenvalue weighted by Gasteiger charge is 2.39. The van der Waals surface area contributed by atoms with Gasteiger partial charge in [-0.3, -0.25) is 9.59 Å². The molecule has 1 atom stereocenters. The van der Waals surface area contributed by atoms with Crippen molar-refractivity contribution in [3.8, 4) is 0 Å². The molecule has 0 aliphatic carbocycles. The third kappa shape index (κ3) is 4.30. The van der Waals surface area contributed by atoms with Gasteiger partial charge in [-0.15, -0.1) is 11.3 Å². The van der Waals surface area contributed by atoms with Crippen LogP contribution in [0.5, 0.6) is 0 Å². The molecule has 1 unspecified atom stereocenters. The average molecular weight is 409 g/mol. The molecule has 0 radical (unpaired) electrons. The van der Waals surface area contributed by atoms with Crippen LogP contribution in [0.2, 0.25) is 0 Å². The van der Waals surface area contributed by atoms with Crippen molar-refractivity contribution in [3.63, 3.8) is 0 Å². The van der Waals surface area contributed by atoms with Crippen LogP contribution in [0.1, 0.15) is 23.0 Å². The lowest BCUT2D eigenvalue weighted by Crippen LogP contribution is -2.50. The van der Waals surface area contributed by atoms with Crippen LogP contribution in [0, 0.1) is 0 Å². The largest absolute Gasteiger partial charge is 0.348 e. The molecule has 1 fully saturated rings. The van der Waals surface area contributed by atoms with Crippen LogP contribution >= 0.6 is 27.3 Å². The molecular formula is C13H17BrN2O4S2. The minimum Gasteiger partial charge on any atom is -0.348 e. The van der Waals surface area contributed by atoms with Crippen molar-refractivity contribution < 1.29 is 18.0 Å². The predicted octanol–water partition coefficient (Wildman–Crippen LogP) is 1.28. The van der Waals surface area contributed by atoms with Crippen LogP contribution in [0.4, 0.5) is 0 Å². The number of sulfone groups is 1. The summed E-state index contributed by atoms with van der Waals surface area (Å²) in [7, 11) is -1.54. The van der Waals surface area contributed by atoms with Gasteiger partial charge in [0.2, 0.25) is 5.91 Å². The van der Waals surface area contributed by atoms with Gasteiger partial charge < -0.3 is 10.2 Å². The van der Waals surface area contributed by atoms with E-state index in [2.05, 4.69) is 21.2 Å². The van der Waals surface area contributed by atoms with E-state index in [1.165, 1.54) is 16.2 Å². The summed E-state index contributed by atoms with van der Waals surface area (Å²) in [6.45, 7) is 1.61. The van der Waals surface area contributed by atoms with Gasteiger partial charge in [-0.1, -0.05) is 0 Å². The van der Waals surface area contributed by atoms with Crippen molar-refractivity contribution in [1.29, 1.82) is 0 Å². The molecule has 0 bridgehead atoms. The molecule has 6 nitrogen and oxygen atoms in total. The van der Waals surface area contributed by atoms with Gasteiger partial charge in [-0.2, -0.15) is 0 Å². The summed E-state index contributed by atoms with van der Waals surface area (Å²) in [6.07, 6.45) is 0.399. The van der Waals surface area contributed by atoms with Crippen molar-refractivity contribution in [3.05, 3.63) is 20.8 Å². The average Bonchev–Trinajstić information content (AvgIpc) is 2.92. The molecule has 1 aromatic heterocycles. The van der Waals surface area contributed by atoms with E-state index in [9.17, 15) is 18.0 Å². The molecule has 2 rings (SSSR count). The second kappa shape index (κ2) is 6.29. The lowest BCUT2D eigenvalue weighted by Gasteiger charge is -2.25. The fourth-order valence-corrected chi connectivity index (χ4v) is 5.86. The Morgan fingerprint density at radius 3 is 2.64 bits per heavy atom. The molecule has 122 valence electrons. The van der Waals surface area contributed by atoms with Crippen LogP contribution in [0.3, 0.4) is 0 Å². The number of hydrogen-bond donors (Lipinski definition) is 1. The minimum absolute atomic E-state index is 0.0543. The smallest absolute Gasteiger partial charge is 0.264 e. The number of rotatable bonds is 4. The van der Waals surface area contributed by atoms with Gasteiger partial charge in [0.25, 0.3) is 5.91 Å². The monoisotopic (exact) mass is 408 g/mol. The molecule has 9 heteroatoms. The zero-order valence-electron chi connectivity index (χ0n) is 12.3. The number of likely N-dealkylation sites (N-methyl/N-ethyl adjacent to an activating group) is 1. The van der Waals surface area contributed by atoms with Crippen molar-refractivity contribution in [2.24, 2.45) is 0 Å². The normalized spacial score (nSPS) is 23.2. The van der Waals surface area contributed by atoms with E-state index in [1.54, 1.807) is 26.1 Å². The van der Waals surface area contributed by atoms with Crippen LogP contribution in [0.15, 0.2) is 15.9 Å². The van der Waals surface area contributed by atoms with E-state index >= 15 is 0 Å². The maximum Gasteiger partial charge on any atom is 0.264 e. The fraction of sp³-hybridized carbons (Fsp3) is 0.538. The summed E-state index contributed by atoms with van der Waals surface area (Å²) in [5.41, 5.74) is -0.744. The van der Waals surface area contributed by atoms with Gasteiger partial charge in [0.15, 0.2) is 9.84 Å². The lowest BCUT2D eigenvalue weighted by molar-refractivity contribution is -0.123. The van der Waals surface area contributed by atoms with Gasteiger partial charge in [0, 0.05) is 7.05 Å². The van der Waals surface area contributed by atoms with Gasteiger partial charge in [-0.25, -0.2) is 8.42 Å². The maximum atomic E-state index is 12.2.